The van der Waals surface area contributed by atoms with Crippen LogP contribution in [0.3, 0.4) is 0 Å². The van der Waals surface area contributed by atoms with Crippen LogP contribution in [0.15, 0.2) is 53.3 Å². The van der Waals surface area contributed by atoms with Gasteiger partial charge in [0.05, 0.1) is 30.7 Å². The summed E-state index contributed by atoms with van der Waals surface area (Å²) in [6, 6.07) is 8.18. The summed E-state index contributed by atoms with van der Waals surface area (Å²) < 4.78 is 27.0. The first-order chi connectivity index (χ1) is 15.1. The van der Waals surface area contributed by atoms with Crippen molar-refractivity contribution < 1.29 is 18.4 Å². The molecule has 4 rings (SSSR count). The Morgan fingerprint density at radius 2 is 1.97 bits per heavy atom. The van der Waals surface area contributed by atoms with E-state index in [0.717, 1.165) is 43.8 Å². The molecular weight excluding hydrogens is 419 g/mol. The van der Waals surface area contributed by atoms with Crippen LogP contribution in [0, 0.1) is 5.82 Å². The molecule has 0 spiro atoms. The summed E-state index contributed by atoms with van der Waals surface area (Å²) in [7, 11) is 0. The third kappa shape index (κ3) is 5.16. The van der Waals surface area contributed by atoms with Gasteiger partial charge in [-0.1, -0.05) is 31.4 Å². The number of halogens is 1. The van der Waals surface area contributed by atoms with Crippen LogP contribution >= 0.6 is 11.7 Å². The van der Waals surface area contributed by atoms with Gasteiger partial charge in [-0.15, -0.1) is 0 Å². The number of nitrogens with zero attached hydrogens (tertiary/aromatic N) is 3. The summed E-state index contributed by atoms with van der Waals surface area (Å²) in [5, 5.41) is 3.10. The van der Waals surface area contributed by atoms with Crippen molar-refractivity contribution in [2.45, 2.75) is 50.7 Å². The summed E-state index contributed by atoms with van der Waals surface area (Å²) in [4.78, 5) is 28.2. The lowest BCUT2D eigenvalue weighted by molar-refractivity contribution is -0.127. The van der Waals surface area contributed by atoms with E-state index < -0.39 is 17.8 Å². The Labute approximate surface area is 183 Å². The molecule has 0 radical (unpaired) electrons. The number of hydrogen-bond acceptors (Lipinski definition) is 6. The first-order valence-electron chi connectivity index (χ1n) is 10.3. The predicted molar refractivity (Wildman–Crippen MR) is 113 cm³/mol. The second-order valence-corrected chi connectivity index (χ2v) is 8.16. The SMILES string of the molecule is O=C(NC1CCCCC1)C(c1ccc(F)cc1)N(Cc1ccco1)C(=O)c1cnsn1. The van der Waals surface area contributed by atoms with Gasteiger partial charge in [0.2, 0.25) is 5.91 Å². The summed E-state index contributed by atoms with van der Waals surface area (Å²) in [5.41, 5.74) is 0.659. The predicted octanol–water partition coefficient (Wildman–Crippen LogP) is 4.10. The minimum atomic E-state index is -0.971. The molecule has 1 fully saturated rings. The topological polar surface area (TPSA) is 88.3 Å². The molecule has 1 atom stereocenters. The molecule has 1 aromatic carbocycles. The maximum absolute atomic E-state index is 13.6. The van der Waals surface area contributed by atoms with Gasteiger partial charge in [-0.25, -0.2) is 4.39 Å². The first kappa shape index (κ1) is 21.2. The fourth-order valence-corrected chi connectivity index (χ4v) is 4.31. The van der Waals surface area contributed by atoms with E-state index in [2.05, 4.69) is 14.1 Å². The molecule has 162 valence electrons. The van der Waals surface area contributed by atoms with Crippen LogP contribution in [0.25, 0.3) is 0 Å². The summed E-state index contributed by atoms with van der Waals surface area (Å²) in [6.45, 7) is 0.0590. The molecular formula is C22H23FN4O3S. The molecule has 7 nitrogen and oxygen atoms in total. The molecule has 3 aromatic rings. The van der Waals surface area contributed by atoms with Gasteiger partial charge in [-0.2, -0.15) is 8.75 Å². The maximum atomic E-state index is 13.6. The van der Waals surface area contributed by atoms with Crippen LogP contribution in [0.2, 0.25) is 0 Å². The monoisotopic (exact) mass is 442 g/mol. The van der Waals surface area contributed by atoms with Gasteiger partial charge in [-0.3, -0.25) is 9.59 Å². The third-order valence-electron chi connectivity index (χ3n) is 5.44. The lowest BCUT2D eigenvalue weighted by Crippen LogP contribution is -2.46. The molecule has 1 saturated carbocycles. The van der Waals surface area contributed by atoms with E-state index in [-0.39, 0.29) is 24.2 Å². The zero-order valence-electron chi connectivity index (χ0n) is 16.9. The van der Waals surface area contributed by atoms with E-state index in [9.17, 15) is 14.0 Å². The van der Waals surface area contributed by atoms with Crippen molar-refractivity contribution in [2.75, 3.05) is 0 Å². The number of aromatic nitrogens is 2. The van der Waals surface area contributed by atoms with E-state index in [1.165, 1.54) is 41.6 Å². The highest BCUT2D eigenvalue weighted by molar-refractivity contribution is 6.99. The minimum absolute atomic E-state index is 0.0590. The van der Waals surface area contributed by atoms with Crippen molar-refractivity contribution in [1.29, 1.82) is 0 Å². The smallest absolute Gasteiger partial charge is 0.276 e. The Bertz CT molecular complexity index is 986. The van der Waals surface area contributed by atoms with Gasteiger partial charge in [0.15, 0.2) is 5.69 Å². The third-order valence-corrected chi connectivity index (χ3v) is 5.92. The lowest BCUT2D eigenvalue weighted by atomic mass is 9.94. The number of nitrogens with one attached hydrogen (secondary N) is 1. The van der Waals surface area contributed by atoms with Gasteiger partial charge in [0.25, 0.3) is 5.91 Å². The molecule has 2 amide bonds. The van der Waals surface area contributed by atoms with E-state index >= 15 is 0 Å². The first-order valence-corrected chi connectivity index (χ1v) is 11.0. The van der Waals surface area contributed by atoms with Crippen molar-refractivity contribution in [3.8, 4) is 0 Å². The highest BCUT2D eigenvalue weighted by Crippen LogP contribution is 2.27. The van der Waals surface area contributed by atoms with Gasteiger partial charge in [0, 0.05) is 6.04 Å². The Hall–Kier alpha value is -3.07. The van der Waals surface area contributed by atoms with Gasteiger partial charge in [-0.05, 0) is 42.7 Å². The number of benzene rings is 1. The van der Waals surface area contributed by atoms with Crippen LogP contribution in [0.4, 0.5) is 4.39 Å². The van der Waals surface area contributed by atoms with Crippen molar-refractivity contribution in [3.63, 3.8) is 0 Å². The molecule has 0 bridgehead atoms. The maximum Gasteiger partial charge on any atom is 0.276 e. The second-order valence-electron chi connectivity index (χ2n) is 7.60. The Morgan fingerprint density at radius 1 is 1.19 bits per heavy atom. The Balaban J connectivity index is 1.70. The van der Waals surface area contributed by atoms with E-state index in [1.54, 1.807) is 12.1 Å². The second kappa shape index (κ2) is 9.82. The summed E-state index contributed by atoms with van der Waals surface area (Å²) in [6.07, 6.45) is 7.99. The molecule has 1 aliphatic rings. The zero-order chi connectivity index (χ0) is 21.6. The highest BCUT2D eigenvalue weighted by Gasteiger charge is 2.35. The van der Waals surface area contributed by atoms with Gasteiger partial charge < -0.3 is 14.6 Å². The molecule has 2 heterocycles. The van der Waals surface area contributed by atoms with Crippen LogP contribution < -0.4 is 5.32 Å². The average Bonchev–Trinajstić information content (AvgIpc) is 3.49. The van der Waals surface area contributed by atoms with Crippen LogP contribution in [-0.2, 0) is 11.3 Å². The molecule has 9 heteroatoms. The van der Waals surface area contributed by atoms with Crippen LogP contribution in [-0.4, -0.2) is 31.5 Å². The number of furan rings is 1. The molecule has 1 unspecified atom stereocenters. The number of amides is 2. The van der Waals surface area contributed by atoms with E-state index in [4.69, 9.17) is 4.42 Å². The molecule has 2 aromatic heterocycles. The van der Waals surface area contributed by atoms with Crippen LogP contribution in [0.1, 0.15) is 60.0 Å². The largest absolute Gasteiger partial charge is 0.467 e. The number of rotatable bonds is 7. The zero-order valence-corrected chi connectivity index (χ0v) is 17.7. The van der Waals surface area contributed by atoms with Crippen LogP contribution in [0.5, 0.6) is 0 Å². The van der Waals surface area contributed by atoms with Gasteiger partial charge in [0.1, 0.15) is 17.6 Å². The molecule has 0 aliphatic heterocycles. The van der Waals surface area contributed by atoms with Crippen molar-refractivity contribution >= 4 is 23.5 Å². The summed E-state index contributed by atoms with van der Waals surface area (Å²) in [5.74, 6) is -0.642. The molecule has 31 heavy (non-hydrogen) atoms. The van der Waals surface area contributed by atoms with E-state index in [0.29, 0.717) is 11.3 Å². The standard InChI is InChI=1S/C22H23FN4O3S/c23-16-10-8-15(9-11-16)20(21(28)25-17-5-2-1-3-6-17)27(14-18-7-4-12-30-18)22(29)19-13-24-31-26-19/h4,7-13,17,20H,1-3,5-6,14H2,(H,25,28). The fraction of sp³-hybridized carbons (Fsp3) is 0.364. The van der Waals surface area contributed by atoms with Crippen molar-refractivity contribution in [3.05, 3.63) is 71.7 Å². The molecule has 1 aliphatic carbocycles. The molecule has 1 N–H and O–H groups in total. The molecule has 0 saturated heterocycles. The number of carbonyl (C=O) groups excluding carboxylic acids is 2. The number of carbonyl (C=O) groups is 2. The van der Waals surface area contributed by atoms with Crippen molar-refractivity contribution in [1.82, 2.24) is 19.0 Å². The Kier molecular flexibility index (Phi) is 6.71. The van der Waals surface area contributed by atoms with E-state index in [1.807, 2.05) is 0 Å². The quantitative estimate of drug-likeness (QED) is 0.595. The number of hydrogen-bond donors (Lipinski definition) is 1. The average molecular weight is 443 g/mol. The van der Waals surface area contributed by atoms with Crippen molar-refractivity contribution in [2.24, 2.45) is 0 Å². The Morgan fingerprint density at radius 3 is 2.61 bits per heavy atom. The fourth-order valence-electron chi connectivity index (χ4n) is 3.90. The normalized spacial score (nSPS) is 15.4. The van der Waals surface area contributed by atoms with Gasteiger partial charge >= 0.3 is 0 Å². The lowest BCUT2D eigenvalue weighted by Gasteiger charge is -2.32. The summed E-state index contributed by atoms with van der Waals surface area (Å²) >= 11 is 0.919. The highest BCUT2D eigenvalue weighted by atomic mass is 32.1. The minimum Gasteiger partial charge on any atom is -0.467 e.